The molecule has 2 N–H and O–H groups in total. The van der Waals surface area contributed by atoms with Gasteiger partial charge in [-0.15, -0.1) is 0 Å². The number of allylic oxidation sites excluding steroid dienone is 2. The summed E-state index contributed by atoms with van der Waals surface area (Å²) in [5.41, 5.74) is 3.79. The van der Waals surface area contributed by atoms with E-state index < -0.39 is 0 Å². The summed E-state index contributed by atoms with van der Waals surface area (Å²) in [4.78, 5) is 0. The van der Waals surface area contributed by atoms with Crippen LogP contribution in [-0.2, 0) is 0 Å². The van der Waals surface area contributed by atoms with Crippen molar-refractivity contribution in [1.82, 2.24) is 0 Å². The van der Waals surface area contributed by atoms with Crippen molar-refractivity contribution < 1.29 is 4.39 Å². The molecule has 1 aromatic rings. The minimum atomic E-state index is -0.259. The third-order valence-electron chi connectivity index (χ3n) is 5.05. The van der Waals surface area contributed by atoms with Crippen molar-refractivity contribution in [3.63, 3.8) is 0 Å². The molecular weight excluding hydrogens is 311 g/mol. The number of benzene rings is 1. The van der Waals surface area contributed by atoms with E-state index in [2.05, 4.69) is 20.8 Å². The first-order chi connectivity index (χ1) is 11.8. The highest BCUT2D eigenvalue weighted by molar-refractivity contribution is 6.24. The lowest BCUT2D eigenvalue weighted by Gasteiger charge is -2.21. The summed E-state index contributed by atoms with van der Waals surface area (Å²) >= 11 is 0. The Morgan fingerprint density at radius 3 is 2.12 bits per heavy atom. The van der Waals surface area contributed by atoms with Gasteiger partial charge in [0, 0.05) is 22.9 Å². The molecule has 2 atom stereocenters. The number of hydrogen-bond donors (Lipinski definition) is 2. The van der Waals surface area contributed by atoms with Crippen molar-refractivity contribution in [3.8, 4) is 0 Å². The average Bonchev–Trinajstić information content (AvgIpc) is 2.56. The second-order valence-corrected chi connectivity index (χ2v) is 7.11. The molecule has 0 saturated carbocycles. The summed E-state index contributed by atoms with van der Waals surface area (Å²) in [5, 5.41) is 16.9. The predicted molar refractivity (Wildman–Crippen MR) is 107 cm³/mol. The zero-order valence-corrected chi connectivity index (χ0v) is 16.4. The molecule has 0 aliphatic heterocycles. The zero-order valence-electron chi connectivity index (χ0n) is 16.4. The molecule has 0 saturated heterocycles. The van der Waals surface area contributed by atoms with Crippen LogP contribution in [0.5, 0.6) is 0 Å². The topological polar surface area (TPSA) is 47.7 Å². The Morgan fingerprint density at radius 2 is 1.64 bits per heavy atom. The fourth-order valence-corrected chi connectivity index (χ4v) is 3.27. The average molecular weight is 345 g/mol. The Hall–Kier alpha value is -1.77. The van der Waals surface area contributed by atoms with Gasteiger partial charge in [-0.3, -0.25) is 0 Å². The Bertz CT molecular complexity index is 613. The minimum Gasteiger partial charge on any atom is -0.305 e. The minimum absolute atomic E-state index is 0.0968. The van der Waals surface area contributed by atoms with Crippen LogP contribution in [0.15, 0.2) is 35.4 Å². The van der Waals surface area contributed by atoms with Gasteiger partial charge in [0.2, 0.25) is 0 Å². The number of halogens is 1. The van der Waals surface area contributed by atoms with Gasteiger partial charge in [-0.1, -0.05) is 51.3 Å². The first-order valence-electron chi connectivity index (χ1n) is 9.41. The van der Waals surface area contributed by atoms with E-state index in [0.29, 0.717) is 11.4 Å². The largest absolute Gasteiger partial charge is 0.305 e. The zero-order chi connectivity index (χ0) is 19.0. The van der Waals surface area contributed by atoms with Crippen LogP contribution in [-0.4, -0.2) is 11.4 Å². The molecule has 3 heteroatoms. The summed E-state index contributed by atoms with van der Waals surface area (Å²) in [6, 6.07) is 6.41. The lowest BCUT2D eigenvalue weighted by Crippen LogP contribution is -2.19. The SMILES string of the molecule is CCC(C)CCC/C(C)=C(\C(C)=N)C(=N)C(CC)c1ccc(F)cc1. The highest BCUT2D eigenvalue weighted by atomic mass is 19.1. The first-order valence-corrected chi connectivity index (χ1v) is 9.41. The van der Waals surface area contributed by atoms with Crippen LogP contribution in [0.4, 0.5) is 4.39 Å². The van der Waals surface area contributed by atoms with Gasteiger partial charge in [0.25, 0.3) is 0 Å². The van der Waals surface area contributed by atoms with E-state index in [-0.39, 0.29) is 11.7 Å². The quantitative estimate of drug-likeness (QED) is 0.433. The summed E-state index contributed by atoms with van der Waals surface area (Å²) in [6.07, 6.45) is 5.16. The molecule has 0 amide bonds. The first kappa shape index (κ1) is 21.3. The maximum Gasteiger partial charge on any atom is 0.123 e. The van der Waals surface area contributed by atoms with Gasteiger partial charge in [-0.2, -0.15) is 0 Å². The van der Waals surface area contributed by atoms with Crippen LogP contribution in [0.2, 0.25) is 0 Å². The van der Waals surface area contributed by atoms with Crippen molar-refractivity contribution in [2.75, 3.05) is 0 Å². The maximum absolute atomic E-state index is 13.2. The maximum atomic E-state index is 13.2. The molecule has 0 fully saturated rings. The molecule has 2 nitrogen and oxygen atoms in total. The van der Waals surface area contributed by atoms with E-state index in [4.69, 9.17) is 10.8 Å². The van der Waals surface area contributed by atoms with Crippen molar-refractivity contribution in [2.45, 2.75) is 72.6 Å². The van der Waals surface area contributed by atoms with E-state index in [0.717, 1.165) is 41.9 Å². The number of hydrogen-bond acceptors (Lipinski definition) is 2. The summed E-state index contributed by atoms with van der Waals surface area (Å²) in [5.74, 6) is 0.366. The second kappa shape index (κ2) is 10.3. The Balaban J connectivity index is 3.02. The fourth-order valence-electron chi connectivity index (χ4n) is 3.27. The van der Waals surface area contributed by atoms with Gasteiger partial charge < -0.3 is 10.8 Å². The van der Waals surface area contributed by atoms with Gasteiger partial charge in [0.1, 0.15) is 5.82 Å². The fraction of sp³-hybridized carbons (Fsp3) is 0.545. The van der Waals surface area contributed by atoms with Gasteiger partial charge in [0.05, 0.1) is 0 Å². The van der Waals surface area contributed by atoms with E-state index in [9.17, 15) is 4.39 Å². The van der Waals surface area contributed by atoms with E-state index in [1.165, 1.54) is 25.0 Å². The molecule has 2 unspecified atom stereocenters. The smallest absolute Gasteiger partial charge is 0.123 e. The van der Waals surface area contributed by atoms with Gasteiger partial charge in [-0.25, -0.2) is 4.39 Å². The third-order valence-corrected chi connectivity index (χ3v) is 5.05. The molecular formula is C22H33FN2. The van der Waals surface area contributed by atoms with Crippen LogP contribution in [0.3, 0.4) is 0 Å². The summed E-state index contributed by atoms with van der Waals surface area (Å²) in [7, 11) is 0. The standard InChI is InChI=1S/C22H33FN2/c1-6-15(3)9-8-10-16(4)21(17(5)24)22(25)20(7-2)18-11-13-19(23)14-12-18/h11-15,20,24-25H,6-10H2,1-5H3/b21-16+,24-17?,25-22?. The van der Waals surface area contributed by atoms with Gasteiger partial charge >= 0.3 is 0 Å². The Labute approximate surface area is 152 Å². The molecule has 1 aromatic carbocycles. The highest BCUT2D eigenvalue weighted by Crippen LogP contribution is 2.28. The molecule has 0 spiro atoms. The lowest BCUT2D eigenvalue weighted by molar-refractivity contribution is 0.495. The predicted octanol–water partition coefficient (Wildman–Crippen LogP) is 6.91. The molecule has 0 aromatic heterocycles. The van der Waals surface area contributed by atoms with Crippen molar-refractivity contribution in [2.24, 2.45) is 5.92 Å². The normalized spacial score (nSPS) is 14.6. The van der Waals surface area contributed by atoms with Gasteiger partial charge in [0.15, 0.2) is 0 Å². The van der Waals surface area contributed by atoms with E-state index in [1.807, 2.05) is 6.92 Å². The number of nitrogens with one attached hydrogen (secondary N) is 2. The molecule has 0 bridgehead atoms. The Kier molecular flexibility index (Phi) is 8.74. The number of rotatable bonds is 10. The van der Waals surface area contributed by atoms with Crippen LogP contribution in [0.25, 0.3) is 0 Å². The van der Waals surface area contributed by atoms with E-state index in [1.54, 1.807) is 19.1 Å². The third kappa shape index (κ3) is 6.22. The highest BCUT2D eigenvalue weighted by Gasteiger charge is 2.21. The summed E-state index contributed by atoms with van der Waals surface area (Å²) < 4.78 is 13.2. The van der Waals surface area contributed by atoms with E-state index >= 15 is 0 Å². The van der Waals surface area contributed by atoms with Crippen molar-refractivity contribution in [3.05, 3.63) is 46.8 Å². The van der Waals surface area contributed by atoms with Crippen LogP contribution in [0.1, 0.15) is 78.2 Å². The molecule has 25 heavy (non-hydrogen) atoms. The summed E-state index contributed by atoms with van der Waals surface area (Å²) in [6.45, 7) is 10.3. The van der Waals surface area contributed by atoms with Crippen LogP contribution < -0.4 is 0 Å². The lowest BCUT2D eigenvalue weighted by atomic mass is 9.83. The second-order valence-electron chi connectivity index (χ2n) is 7.11. The Morgan fingerprint density at radius 1 is 1.04 bits per heavy atom. The van der Waals surface area contributed by atoms with Crippen LogP contribution >= 0.6 is 0 Å². The van der Waals surface area contributed by atoms with Gasteiger partial charge in [-0.05, 0) is 56.7 Å². The van der Waals surface area contributed by atoms with Crippen LogP contribution in [0, 0.1) is 22.6 Å². The molecule has 138 valence electrons. The molecule has 0 aliphatic rings. The molecule has 1 rings (SSSR count). The monoisotopic (exact) mass is 344 g/mol. The molecule has 0 radical (unpaired) electrons. The van der Waals surface area contributed by atoms with Crippen molar-refractivity contribution in [1.29, 1.82) is 10.8 Å². The molecule has 0 heterocycles. The molecule has 0 aliphatic carbocycles. The van der Waals surface area contributed by atoms with Crippen molar-refractivity contribution >= 4 is 11.4 Å².